The third-order valence-electron chi connectivity index (χ3n) is 3.55. The van der Waals surface area contributed by atoms with Gasteiger partial charge in [0.05, 0.1) is 6.61 Å². The van der Waals surface area contributed by atoms with Gasteiger partial charge in [-0.05, 0) is 31.7 Å². The van der Waals surface area contributed by atoms with Gasteiger partial charge in [-0.1, -0.05) is 6.07 Å². The van der Waals surface area contributed by atoms with E-state index in [2.05, 4.69) is 43.3 Å². The minimum atomic E-state index is 0.486. The molecule has 0 unspecified atom stereocenters. The molecule has 0 amide bonds. The molecule has 0 radical (unpaired) electrons. The van der Waals surface area contributed by atoms with E-state index in [1.54, 1.807) is 11.3 Å². The van der Waals surface area contributed by atoms with Gasteiger partial charge in [-0.15, -0.1) is 21.5 Å². The fourth-order valence-electron chi connectivity index (χ4n) is 2.06. The van der Waals surface area contributed by atoms with E-state index in [4.69, 9.17) is 4.74 Å². The summed E-state index contributed by atoms with van der Waals surface area (Å²) in [5.74, 6) is 2.50. The number of aryl methyl sites for hydroxylation is 1. The average Bonchev–Trinajstić information content (AvgIpc) is 3.20. The van der Waals surface area contributed by atoms with Crippen LogP contribution in [0.15, 0.2) is 22.5 Å². The van der Waals surface area contributed by atoms with Crippen molar-refractivity contribution in [2.75, 3.05) is 26.3 Å². The lowest BCUT2D eigenvalue weighted by atomic mass is 10.3. The number of hydrogen-bond acceptors (Lipinski definition) is 5. The van der Waals surface area contributed by atoms with Gasteiger partial charge >= 0.3 is 0 Å². The Bertz CT molecular complexity index is 623. The van der Waals surface area contributed by atoms with Gasteiger partial charge in [0.1, 0.15) is 12.4 Å². The normalized spacial score (nSPS) is 11.7. The molecule has 0 bridgehead atoms. The Labute approximate surface area is 147 Å². The molecule has 2 heterocycles. The zero-order valence-corrected chi connectivity index (χ0v) is 15.4. The Kier molecular flexibility index (Phi) is 7.70. The van der Waals surface area contributed by atoms with Crippen LogP contribution < -0.4 is 10.6 Å². The number of nitrogens with one attached hydrogen (secondary N) is 2. The molecule has 0 spiro atoms. The SMILES string of the molecule is CCOCCNC(=NCc1nnc(C)n1C)NCCc1cccs1. The van der Waals surface area contributed by atoms with Crippen molar-refractivity contribution in [3.05, 3.63) is 34.0 Å². The first-order valence-electron chi connectivity index (χ1n) is 8.18. The zero-order chi connectivity index (χ0) is 17.2. The highest BCUT2D eigenvalue weighted by Crippen LogP contribution is 2.08. The third-order valence-corrected chi connectivity index (χ3v) is 4.48. The molecule has 2 rings (SSSR count). The molecule has 0 aliphatic heterocycles. The van der Waals surface area contributed by atoms with Crippen molar-refractivity contribution in [1.82, 2.24) is 25.4 Å². The summed E-state index contributed by atoms with van der Waals surface area (Å²) in [4.78, 5) is 5.96. The highest BCUT2D eigenvalue weighted by Gasteiger charge is 2.05. The number of hydrogen-bond donors (Lipinski definition) is 2. The third kappa shape index (κ3) is 5.93. The second-order valence-electron chi connectivity index (χ2n) is 5.27. The number of rotatable bonds is 9. The lowest BCUT2D eigenvalue weighted by Gasteiger charge is -2.12. The molecule has 2 aromatic rings. The Hall–Kier alpha value is -1.93. The number of thiophene rings is 1. The van der Waals surface area contributed by atoms with Gasteiger partial charge in [-0.25, -0.2) is 4.99 Å². The minimum Gasteiger partial charge on any atom is -0.380 e. The summed E-state index contributed by atoms with van der Waals surface area (Å²) in [6, 6.07) is 4.22. The Morgan fingerprint density at radius 1 is 1.33 bits per heavy atom. The van der Waals surface area contributed by atoms with E-state index in [0.717, 1.165) is 43.7 Å². The molecule has 132 valence electrons. The Balaban J connectivity index is 1.87. The highest BCUT2D eigenvalue weighted by atomic mass is 32.1. The van der Waals surface area contributed by atoms with Crippen LogP contribution in [0.2, 0.25) is 0 Å². The molecule has 0 fully saturated rings. The van der Waals surface area contributed by atoms with Gasteiger partial charge in [0.15, 0.2) is 11.8 Å². The lowest BCUT2D eigenvalue weighted by Crippen LogP contribution is -2.40. The van der Waals surface area contributed by atoms with Gasteiger partial charge in [0.25, 0.3) is 0 Å². The molecular formula is C16H26N6OS. The van der Waals surface area contributed by atoms with Crippen LogP contribution in [0.25, 0.3) is 0 Å². The van der Waals surface area contributed by atoms with Gasteiger partial charge in [0, 0.05) is 31.6 Å². The molecule has 2 N–H and O–H groups in total. The average molecular weight is 350 g/mol. The van der Waals surface area contributed by atoms with Crippen LogP contribution >= 0.6 is 11.3 Å². The van der Waals surface area contributed by atoms with E-state index >= 15 is 0 Å². The fourth-order valence-corrected chi connectivity index (χ4v) is 2.77. The second-order valence-corrected chi connectivity index (χ2v) is 6.30. The molecule has 8 heteroatoms. The number of aromatic nitrogens is 3. The van der Waals surface area contributed by atoms with Crippen LogP contribution in [0.4, 0.5) is 0 Å². The van der Waals surface area contributed by atoms with Crippen LogP contribution in [-0.4, -0.2) is 47.0 Å². The summed E-state index contributed by atoms with van der Waals surface area (Å²) in [5, 5.41) is 17.0. The number of guanidine groups is 1. The maximum absolute atomic E-state index is 5.36. The van der Waals surface area contributed by atoms with Crippen molar-refractivity contribution in [2.45, 2.75) is 26.8 Å². The van der Waals surface area contributed by atoms with Crippen molar-refractivity contribution in [3.8, 4) is 0 Å². The van der Waals surface area contributed by atoms with Gasteiger partial charge < -0.3 is 19.9 Å². The molecule has 0 saturated carbocycles. The molecule has 0 atom stereocenters. The fraction of sp³-hybridized carbons (Fsp3) is 0.562. The maximum atomic E-state index is 5.36. The predicted molar refractivity (Wildman–Crippen MR) is 97.4 cm³/mol. The predicted octanol–water partition coefficient (Wildman–Crippen LogP) is 1.50. The van der Waals surface area contributed by atoms with E-state index in [-0.39, 0.29) is 0 Å². The smallest absolute Gasteiger partial charge is 0.191 e. The number of ether oxygens (including phenoxy) is 1. The number of aliphatic imine (C=N–C) groups is 1. The highest BCUT2D eigenvalue weighted by molar-refractivity contribution is 7.09. The van der Waals surface area contributed by atoms with Crippen molar-refractivity contribution < 1.29 is 4.74 Å². The summed E-state index contributed by atoms with van der Waals surface area (Å²) in [6.07, 6.45) is 0.979. The molecule has 2 aromatic heterocycles. The molecule has 0 aliphatic rings. The quantitative estimate of drug-likeness (QED) is 0.407. The van der Waals surface area contributed by atoms with Crippen molar-refractivity contribution >= 4 is 17.3 Å². The number of nitrogens with zero attached hydrogens (tertiary/aromatic N) is 4. The zero-order valence-electron chi connectivity index (χ0n) is 14.6. The van der Waals surface area contributed by atoms with Crippen LogP contribution in [-0.2, 0) is 24.8 Å². The van der Waals surface area contributed by atoms with E-state index in [1.807, 2.05) is 25.5 Å². The Morgan fingerprint density at radius 2 is 2.17 bits per heavy atom. The lowest BCUT2D eigenvalue weighted by molar-refractivity contribution is 0.152. The monoisotopic (exact) mass is 350 g/mol. The van der Waals surface area contributed by atoms with E-state index in [0.29, 0.717) is 13.2 Å². The largest absolute Gasteiger partial charge is 0.380 e. The minimum absolute atomic E-state index is 0.486. The second kappa shape index (κ2) is 10.0. The van der Waals surface area contributed by atoms with Gasteiger partial charge in [0.2, 0.25) is 0 Å². The summed E-state index contributed by atoms with van der Waals surface area (Å²) in [6.45, 7) is 7.34. The summed E-state index contributed by atoms with van der Waals surface area (Å²) >= 11 is 1.77. The molecule has 24 heavy (non-hydrogen) atoms. The van der Waals surface area contributed by atoms with Crippen LogP contribution in [0, 0.1) is 6.92 Å². The maximum Gasteiger partial charge on any atom is 0.191 e. The summed E-state index contributed by atoms with van der Waals surface area (Å²) < 4.78 is 7.31. The van der Waals surface area contributed by atoms with E-state index < -0.39 is 0 Å². The molecule has 0 saturated heterocycles. The summed E-state index contributed by atoms with van der Waals surface area (Å²) in [7, 11) is 1.95. The molecule has 7 nitrogen and oxygen atoms in total. The molecule has 0 aliphatic carbocycles. The Morgan fingerprint density at radius 3 is 2.83 bits per heavy atom. The van der Waals surface area contributed by atoms with Gasteiger partial charge in [-0.2, -0.15) is 0 Å². The molecular weight excluding hydrogens is 324 g/mol. The molecule has 0 aromatic carbocycles. The van der Waals surface area contributed by atoms with Crippen molar-refractivity contribution in [2.24, 2.45) is 12.0 Å². The van der Waals surface area contributed by atoms with Crippen LogP contribution in [0.3, 0.4) is 0 Å². The van der Waals surface area contributed by atoms with E-state index in [9.17, 15) is 0 Å². The van der Waals surface area contributed by atoms with Gasteiger partial charge in [-0.3, -0.25) is 0 Å². The topological polar surface area (TPSA) is 76.4 Å². The first kappa shape index (κ1) is 18.4. The summed E-state index contributed by atoms with van der Waals surface area (Å²) in [5.41, 5.74) is 0. The standard InChI is InChI=1S/C16H26N6OS/c1-4-23-10-9-18-16(17-8-7-14-6-5-11-24-14)19-12-15-21-20-13(2)22(15)3/h5-6,11H,4,7-10,12H2,1-3H3,(H2,17,18,19). The first-order valence-corrected chi connectivity index (χ1v) is 9.05. The van der Waals surface area contributed by atoms with Crippen molar-refractivity contribution in [1.29, 1.82) is 0 Å². The van der Waals surface area contributed by atoms with Crippen LogP contribution in [0.1, 0.15) is 23.4 Å². The van der Waals surface area contributed by atoms with E-state index in [1.165, 1.54) is 4.88 Å². The van der Waals surface area contributed by atoms with Crippen LogP contribution in [0.5, 0.6) is 0 Å². The first-order chi connectivity index (χ1) is 11.7. The van der Waals surface area contributed by atoms with Crippen molar-refractivity contribution in [3.63, 3.8) is 0 Å².